The van der Waals surface area contributed by atoms with E-state index in [0.29, 0.717) is 6.42 Å². The molecule has 0 amide bonds. The number of nitrogens with two attached hydrogens (primary N) is 1. The molecule has 2 saturated heterocycles. The van der Waals surface area contributed by atoms with Gasteiger partial charge in [-0.1, -0.05) is 85.6 Å². The quantitative estimate of drug-likeness (QED) is 0.345. The number of rotatable bonds is 5. The van der Waals surface area contributed by atoms with Gasteiger partial charge in [-0.3, -0.25) is 4.79 Å². The number of fused-ring (bicyclic) bond motifs is 1. The second kappa shape index (κ2) is 9.30. The zero-order valence-electron chi connectivity index (χ0n) is 21.6. The molecule has 4 atom stereocenters. The van der Waals surface area contributed by atoms with Crippen LogP contribution < -0.4 is 5.73 Å². The van der Waals surface area contributed by atoms with Crippen molar-refractivity contribution >= 4 is 29.2 Å². The molecule has 0 saturated carbocycles. The Labute approximate surface area is 231 Å². The van der Waals surface area contributed by atoms with Crippen molar-refractivity contribution in [2.75, 3.05) is 0 Å². The lowest BCUT2D eigenvalue weighted by atomic mass is 9.67. The van der Waals surface area contributed by atoms with Gasteiger partial charge in [0.25, 0.3) is 0 Å². The molecule has 200 valence electrons. The molecule has 4 nitrogen and oxygen atoms in total. The number of carbonyl (C=O) groups excluding carboxylic acids is 1. The molecule has 0 aromatic heterocycles. The number of ether oxygens (including phenoxy) is 1. The molecule has 3 aromatic carbocycles. The number of halogens is 4. The first kappa shape index (κ1) is 27.1. The molecular weight excluding hydrogens is 529 g/mol. The first-order valence-corrected chi connectivity index (χ1v) is 13.3. The summed E-state index contributed by atoms with van der Waals surface area (Å²) in [5.74, 6) is -2.85. The Morgan fingerprint density at radius 2 is 1.71 bits per heavy atom. The third-order valence-electron chi connectivity index (χ3n) is 8.20. The largest absolute Gasteiger partial charge is 0.443 e. The third kappa shape index (κ3) is 4.13. The van der Waals surface area contributed by atoms with Crippen LogP contribution in [0.4, 0.5) is 8.78 Å². The molecule has 2 aliphatic heterocycles. The van der Waals surface area contributed by atoms with Crippen LogP contribution in [0, 0.1) is 11.6 Å². The van der Waals surface area contributed by atoms with Gasteiger partial charge >= 0.3 is 5.97 Å². The molecule has 0 radical (unpaired) electrons. The van der Waals surface area contributed by atoms with Crippen LogP contribution in [-0.4, -0.2) is 28.7 Å². The van der Waals surface area contributed by atoms with Crippen molar-refractivity contribution in [3.8, 4) is 0 Å². The molecule has 8 heteroatoms. The molecule has 2 N–H and O–H groups in total. The zero-order valence-corrected chi connectivity index (χ0v) is 23.2. The molecule has 0 bridgehead atoms. The molecule has 38 heavy (non-hydrogen) atoms. The van der Waals surface area contributed by atoms with Gasteiger partial charge < -0.3 is 10.5 Å². The number of hydrogen-bond donors (Lipinski definition) is 1. The highest BCUT2D eigenvalue weighted by Crippen LogP contribution is 2.58. The molecule has 0 spiro atoms. The molecular formula is C30H30Cl2F2N2O2. The first-order valence-electron chi connectivity index (χ1n) is 12.5. The summed E-state index contributed by atoms with van der Waals surface area (Å²) in [7, 11) is 0. The minimum absolute atomic E-state index is 0.105. The van der Waals surface area contributed by atoms with Crippen molar-refractivity contribution in [3.63, 3.8) is 0 Å². The van der Waals surface area contributed by atoms with Gasteiger partial charge in [-0.2, -0.15) is 0 Å². The Hall–Kier alpha value is -2.51. The topological polar surface area (TPSA) is 55.6 Å². The van der Waals surface area contributed by atoms with Crippen LogP contribution in [0.2, 0.25) is 10.0 Å². The summed E-state index contributed by atoms with van der Waals surface area (Å²) >= 11 is 12.3. The number of carbonyl (C=O) groups is 1. The number of esters is 1. The average molecular weight is 559 g/mol. The van der Waals surface area contributed by atoms with E-state index in [1.807, 2.05) is 35.2 Å². The van der Waals surface area contributed by atoms with Crippen molar-refractivity contribution in [2.24, 2.45) is 5.73 Å². The van der Waals surface area contributed by atoms with E-state index < -0.39 is 52.3 Å². The SMILES string of the molecule is CC(C)(CC1N2C(C(=O)OC2(C)C)C(c2cccc(Cl)c2F)C1(N)c1ccc(Cl)cc1F)c1ccccc1. The first-order chi connectivity index (χ1) is 17.8. The predicted octanol–water partition coefficient (Wildman–Crippen LogP) is 6.92. The van der Waals surface area contributed by atoms with Crippen molar-refractivity contribution in [2.45, 2.75) is 68.8 Å². The molecule has 4 unspecified atom stereocenters. The monoisotopic (exact) mass is 558 g/mol. The third-order valence-corrected chi connectivity index (χ3v) is 8.73. The van der Waals surface area contributed by atoms with Crippen LogP contribution in [0.5, 0.6) is 0 Å². The molecule has 2 fully saturated rings. The fraction of sp³-hybridized carbons (Fsp3) is 0.367. The summed E-state index contributed by atoms with van der Waals surface area (Å²) in [6.07, 6.45) is 0.421. The maximum atomic E-state index is 15.8. The van der Waals surface area contributed by atoms with Gasteiger partial charge in [-0.25, -0.2) is 13.7 Å². The second-order valence-corrected chi connectivity index (χ2v) is 12.2. The normalized spacial score (nSPS) is 26.9. The summed E-state index contributed by atoms with van der Waals surface area (Å²) < 4.78 is 37.3. The molecule has 2 heterocycles. The van der Waals surface area contributed by atoms with E-state index in [9.17, 15) is 4.79 Å². The van der Waals surface area contributed by atoms with E-state index in [4.69, 9.17) is 33.7 Å². The summed E-state index contributed by atoms with van der Waals surface area (Å²) in [4.78, 5) is 15.4. The van der Waals surface area contributed by atoms with E-state index in [1.165, 1.54) is 18.2 Å². The Bertz CT molecular complexity index is 1400. The number of nitrogens with zero attached hydrogens (tertiary/aromatic N) is 1. The predicted molar refractivity (Wildman–Crippen MR) is 145 cm³/mol. The maximum absolute atomic E-state index is 15.8. The zero-order chi connectivity index (χ0) is 27.6. The van der Waals surface area contributed by atoms with Crippen LogP contribution in [0.3, 0.4) is 0 Å². The highest BCUT2D eigenvalue weighted by Gasteiger charge is 2.69. The van der Waals surface area contributed by atoms with Crippen molar-refractivity contribution < 1.29 is 18.3 Å². The lowest BCUT2D eigenvalue weighted by molar-refractivity contribution is -0.152. The second-order valence-electron chi connectivity index (χ2n) is 11.4. The van der Waals surface area contributed by atoms with Crippen LogP contribution in [-0.2, 0) is 20.5 Å². The van der Waals surface area contributed by atoms with E-state index in [1.54, 1.807) is 32.0 Å². The van der Waals surface area contributed by atoms with Crippen molar-refractivity contribution in [1.82, 2.24) is 4.90 Å². The van der Waals surface area contributed by atoms with Gasteiger partial charge in [-0.15, -0.1) is 0 Å². The molecule has 5 rings (SSSR count). The minimum atomic E-state index is -1.55. The summed E-state index contributed by atoms with van der Waals surface area (Å²) in [5, 5.41) is 0.103. The minimum Gasteiger partial charge on any atom is -0.443 e. The molecule has 3 aromatic rings. The van der Waals surface area contributed by atoms with E-state index in [2.05, 4.69) is 13.8 Å². The standard InChI is InChI=1S/C30H30Cl2F2N2O2/c1-28(2,17-9-6-5-7-10-17)16-23-30(35,20-14-13-18(31)15-22(20)33)24(19-11-8-12-21(32)25(19)34)26-27(37)38-29(3,4)36(23)26/h5-15,23-24,26H,16,35H2,1-4H3. The number of cyclic esters (lactones) is 1. The Balaban J connectivity index is 1.80. The van der Waals surface area contributed by atoms with Gasteiger partial charge in [0.2, 0.25) is 0 Å². The maximum Gasteiger partial charge on any atom is 0.325 e. The lowest BCUT2D eigenvalue weighted by Crippen LogP contribution is -2.57. The highest BCUT2D eigenvalue weighted by atomic mass is 35.5. The Kier molecular flexibility index (Phi) is 6.63. The Morgan fingerprint density at radius 1 is 1.03 bits per heavy atom. The van der Waals surface area contributed by atoms with E-state index in [0.717, 1.165) is 5.56 Å². The van der Waals surface area contributed by atoms with Gasteiger partial charge in [0.05, 0.1) is 10.6 Å². The van der Waals surface area contributed by atoms with Crippen molar-refractivity contribution in [3.05, 3.63) is 105 Å². The smallest absolute Gasteiger partial charge is 0.325 e. The van der Waals surface area contributed by atoms with Crippen LogP contribution in [0.15, 0.2) is 66.7 Å². The van der Waals surface area contributed by atoms with Crippen molar-refractivity contribution in [1.29, 1.82) is 0 Å². The van der Waals surface area contributed by atoms with Crippen LogP contribution in [0.25, 0.3) is 0 Å². The molecule has 0 aliphatic carbocycles. The Morgan fingerprint density at radius 3 is 2.37 bits per heavy atom. The fourth-order valence-electron chi connectivity index (χ4n) is 6.51. The number of hydrogen-bond acceptors (Lipinski definition) is 4. The van der Waals surface area contributed by atoms with Gasteiger partial charge in [0, 0.05) is 22.5 Å². The van der Waals surface area contributed by atoms with E-state index >= 15 is 8.78 Å². The average Bonchev–Trinajstić information content (AvgIpc) is 3.24. The van der Waals surface area contributed by atoms with Gasteiger partial charge in [-0.05, 0) is 55.0 Å². The summed E-state index contributed by atoms with van der Waals surface area (Å²) in [6.45, 7) is 7.72. The van der Waals surface area contributed by atoms with Gasteiger partial charge in [0.15, 0.2) is 5.72 Å². The van der Waals surface area contributed by atoms with Crippen LogP contribution >= 0.6 is 23.2 Å². The van der Waals surface area contributed by atoms with Crippen LogP contribution in [0.1, 0.15) is 56.7 Å². The molecule has 2 aliphatic rings. The summed E-state index contributed by atoms with van der Waals surface area (Å²) in [5.41, 5.74) is 5.66. The van der Waals surface area contributed by atoms with Gasteiger partial charge in [0.1, 0.15) is 17.7 Å². The fourth-order valence-corrected chi connectivity index (χ4v) is 6.85. The van der Waals surface area contributed by atoms with E-state index in [-0.39, 0.29) is 21.2 Å². The number of benzene rings is 3. The lowest BCUT2D eigenvalue weighted by Gasteiger charge is -2.45. The summed E-state index contributed by atoms with van der Waals surface area (Å²) in [6, 6.07) is 17.2. The highest BCUT2D eigenvalue weighted by molar-refractivity contribution is 6.31.